The fourth-order valence-electron chi connectivity index (χ4n) is 2.35. The van der Waals surface area contributed by atoms with Gasteiger partial charge in [0.1, 0.15) is 5.82 Å². The number of halogens is 1. The first-order valence-electron chi connectivity index (χ1n) is 7.29. The molecule has 0 saturated carbocycles. The van der Waals surface area contributed by atoms with Crippen LogP contribution < -0.4 is 10.2 Å². The third-order valence-corrected chi connectivity index (χ3v) is 3.53. The number of hydrogen-bond acceptors (Lipinski definition) is 2. The van der Waals surface area contributed by atoms with E-state index in [0.717, 1.165) is 17.9 Å². The normalized spacial score (nSPS) is 11.0. The van der Waals surface area contributed by atoms with Crippen LogP contribution in [0, 0.1) is 12.7 Å². The minimum atomic E-state index is -0.213. The van der Waals surface area contributed by atoms with Crippen molar-refractivity contribution >= 4 is 11.4 Å². The molecule has 0 fully saturated rings. The van der Waals surface area contributed by atoms with E-state index in [4.69, 9.17) is 0 Å². The average Bonchev–Trinajstić information content (AvgIpc) is 2.44. The third-order valence-electron chi connectivity index (χ3n) is 3.53. The second-order valence-electron chi connectivity index (χ2n) is 5.70. The summed E-state index contributed by atoms with van der Waals surface area (Å²) < 4.78 is 13.3. The highest BCUT2D eigenvalue weighted by Gasteiger charge is 2.08. The Balaban J connectivity index is 2.20. The Morgan fingerprint density at radius 3 is 2.52 bits per heavy atom. The van der Waals surface area contributed by atoms with Gasteiger partial charge in [0.05, 0.1) is 0 Å². The van der Waals surface area contributed by atoms with Crippen molar-refractivity contribution in [3.05, 3.63) is 59.4 Å². The van der Waals surface area contributed by atoms with Crippen LogP contribution in [0.4, 0.5) is 15.8 Å². The van der Waals surface area contributed by atoms with E-state index >= 15 is 0 Å². The third kappa shape index (κ3) is 4.05. The van der Waals surface area contributed by atoms with Gasteiger partial charge in [0, 0.05) is 31.0 Å². The maximum atomic E-state index is 13.3. The Labute approximate surface area is 126 Å². The van der Waals surface area contributed by atoms with Crippen molar-refractivity contribution in [1.29, 1.82) is 0 Å². The van der Waals surface area contributed by atoms with Gasteiger partial charge in [0.15, 0.2) is 0 Å². The first kappa shape index (κ1) is 15.5. The van der Waals surface area contributed by atoms with E-state index in [1.165, 1.54) is 17.2 Å². The lowest BCUT2D eigenvalue weighted by molar-refractivity contribution is 0.588. The molecule has 0 aliphatic heterocycles. The predicted octanol–water partition coefficient (Wildman–Crippen LogP) is 4.40. The fourth-order valence-corrected chi connectivity index (χ4v) is 2.35. The van der Waals surface area contributed by atoms with Crippen molar-refractivity contribution in [3.63, 3.8) is 0 Å². The monoisotopic (exact) mass is 286 g/mol. The van der Waals surface area contributed by atoms with Crippen LogP contribution >= 0.6 is 0 Å². The smallest absolute Gasteiger partial charge is 0.125 e. The number of hydrogen-bond donors (Lipinski definition) is 1. The van der Waals surface area contributed by atoms with E-state index in [1.807, 2.05) is 18.0 Å². The molecule has 3 heteroatoms. The van der Waals surface area contributed by atoms with Gasteiger partial charge in [0.2, 0.25) is 0 Å². The molecule has 112 valence electrons. The Hall–Kier alpha value is -1.87. The SMILES string of the molecule is Cc1cc(CNC(C)C)ccc1N(C)c1cccc(F)c1. The topological polar surface area (TPSA) is 15.3 Å². The van der Waals surface area contributed by atoms with Crippen molar-refractivity contribution in [2.75, 3.05) is 11.9 Å². The first-order valence-corrected chi connectivity index (χ1v) is 7.29. The van der Waals surface area contributed by atoms with Gasteiger partial charge in [-0.25, -0.2) is 4.39 Å². The molecule has 0 amide bonds. The lowest BCUT2D eigenvalue weighted by Gasteiger charge is -2.22. The zero-order valence-electron chi connectivity index (χ0n) is 13.2. The van der Waals surface area contributed by atoms with Crippen LogP contribution in [0.3, 0.4) is 0 Å². The van der Waals surface area contributed by atoms with Crippen molar-refractivity contribution in [3.8, 4) is 0 Å². The standard InChI is InChI=1S/C18H23FN2/c1-13(2)20-12-15-8-9-18(14(3)10-15)21(4)17-7-5-6-16(19)11-17/h5-11,13,20H,12H2,1-4H3. The van der Waals surface area contributed by atoms with E-state index in [1.54, 1.807) is 12.1 Å². The molecule has 0 aliphatic carbocycles. The zero-order valence-corrected chi connectivity index (χ0v) is 13.2. The van der Waals surface area contributed by atoms with Crippen molar-refractivity contribution < 1.29 is 4.39 Å². The van der Waals surface area contributed by atoms with Gasteiger partial charge in [-0.2, -0.15) is 0 Å². The summed E-state index contributed by atoms with van der Waals surface area (Å²) in [5, 5.41) is 3.41. The molecule has 21 heavy (non-hydrogen) atoms. The van der Waals surface area contributed by atoms with E-state index in [0.29, 0.717) is 6.04 Å². The summed E-state index contributed by atoms with van der Waals surface area (Å²) in [7, 11) is 1.96. The van der Waals surface area contributed by atoms with Gasteiger partial charge < -0.3 is 10.2 Å². The first-order chi connectivity index (χ1) is 9.97. The molecule has 0 heterocycles. The van der Waals surface area contributed by atoms with Crippen LogP contribution in [-0.4, -0.2) is 13.1 Å². The summed E-state index contributed by atoms with van der Waals surface area (Å²) >= 11 is 0. The van der Waals surface area contributed by atoms with Crippen molar-refractivity contribution in [2.24, 2.45) is 0 Å². The molecule has 0 radical (unpaired) electrons. The van der Waals surface area contributed by atoms with Crippen LogP contribution in [-0.2, 0) is 6.54 Å². The van der Waals surface area contributed by atoms with Gasteiger partial charge in [-0.1, -0.05) is 32.0 Å². The van der Waals surface area contributed by atoms with Crippen LogP contribution in [0.25, 0.3) is 0 Å². The van der Waals surface area contributed by atoms with Gasteiger partial charge in [-0.05, 0) is 42.3 Å². The Kier molecular flexibility index (Phi) is 4.97. The Bertz CT molecular complexity index is 608. The van der Waals surface area contributed by atoms with Crippen LogP contribution in [0.2, 0.25) is 0 Å². The fraction of sp³-hybridized carbons (Fsp3) is 0.333. The molecule has 0 aromatic heterocycles. The van der Waals surface area contributed by atoms with Crippen LogP contribution in [0.5, 0.6) is 0 Å². The largest absolute Gasteiger partial charge is 0.344 e. The summed E-state index contributed by atoms with van der Waals surface area (Å²) in [4.78, 5) is 2.01. The van der Waals surface area contributed by atoms with E-state index in [-0.39, 0.29) is 5.82 Å². The Morgan fingerprint density at radius 2 is 1.90 bits per heavy atom. The second kappa shape index (κ2) is 6.72. The molecule has 1 N–H and O–H groups in total. The van der Waals surface area contributed by atoms with Crippen molar-refractivity contribution in [1.82, 2.24) is 5.32 Å². The highest BCUT2D eigenvalue weighted by Crippen LogP contribution is 2.27. The predicted molar refractivity (Wildman–Crippen MR) is 87.6 cm³/mol. The minimum Gasteiger partial charge on any atom is -0.344 e. The number of aryl methyl sites for hydroxylation is 1. The van der Waals surface area contributed by atoms with Crippen LogP contribution in [0.15, 0.2) is 42.5 Å². The van der Waals surface area contributed by atoms with Crippen LogP contribution in [0.1, 0.15) is 25.0 Å². The molecule has 2 aromatic carbocycles. The Morgan fingerprint density at radius 1 is 1.14 bits per heavy atom. The summed E-state index contributed by atoms with van der Waals surface area (Å²) in [6.45, 7) is 7.23. The number of anilines is 2. The molecule has 0 aliphatic rings. The number of rotatable bonds is 5. The molecule has 2 nitrogen and oxygen atoms in total. The molecular formula is C18H23FN2. The molecule has 0 atom stereocenters. The molecule has 0 unspecified atom stereocenters. The number of nitrogens with zero attached hydrogens (tertiary/aromatic N) is 1. The van der Waals surface area contributed by atoms with E-state index < -0.39 is 0 Å². The number of nitrogens with one attached hydrogen (secondary N) is 1. The van der Waals surface area contributed by atoms with Gasteiger partial charge in [-0.15, -0.1) is 0 Å². The highest BCUT2D eigenvalue weighted by molar-refractivity contribution is 5.66. The average molecular weight is 286 g/mol. The minimum absolute atomic E-state index is 0.213. The lowest BCUT2D eigenvalue weighted by Crippen LogP contribution is -2.22. The maximum absolute atomic E-state index is 13.3. The zero-order chi connectivity index (χ0) is 15.4. The molecule has 0 saturated heterocycles. The molecule has 0 spiro atoms. The van der Waals surface area contributed by atoms with Crippen molar-refractivity contribution in [2.45, 2.75) is 33.4 Å². The number of benzene rings is 2. The molecular weight excluding hydrogens is 263 g/mol. The summed E-state index contributed by atoms with van der Waals surface area (Å²) in [6, 6.07) is 13.5. The summed E-state index contributed by atoms with van der Waals surface area (Å²) in [6.07, 6.45) is 0. The van der Waals surface area contributed by atoms with E-state index in [9.17, 15) is 4.39 Å². The quantitative estimate of drug-likeness (QED) is 0.876. The lowest BCUT2D eigenvalue weighted by atomic mass is 10.1. The van der Waals surface area contributed by atoms with E-state index in [2.05, 4.69) is 44.3 Å². The van der Waals surface area contributed by atoms with Gasteiger partial charge >= 0.3 is 0 Å². The maximum Gasteiger partial charge on any atom is 0.125 e. The summed E-state index contributed by atoms with van der Waals surface area (Å²) in [5.41, 5.74) is 4.39. The van der Waals surface area contributed by atoms with Gasteiger partial charge in [-0.3, -0.25) is 0 Å². The second-order valence-corrected chi connectivity index (χ2v) is 5.70. The summed E-state index contributed by atoms with van der Waals surface area (Å²) in [5.74, 6) is -0.213. The molecule has 0 bridgehead atoms. The molecule has 2 rings (SSSR count). The molecule has 2 aromatic rings. The van der Waals surface area contributed by atoms with Gasteiger partial charge in [0.25, 0.3) is 0 Å². The highest BCUT2D eigenvalue weighted by atomic mass is 19.1.